The molecule has 22 heavy (non-hydrogen) atoms. The zero-order chi connectivity index (χ0) is 16.1. The first-order valence-corrected chi connectivity index (χ1v) is 7.68. The van der Waals surface area contributed by atoms with Crippen LogP contribution in [0.5, 0.6) is 0 Å². The zero-order valence-corrected chi connectivity index (χ0v) is 13.2. The molecule has 0 aliphatic heterocycles. The molecule has 0 aliphatic rings. The Morgan fingerprint density at radius 1 is 1.45 bits per heavy atom. The number of urea groups is 1. The summed E-state index contributed by atoms with van der Waals surface area (Å²) < 4.78 is 1.56. The molecule has 2 heterocycles. The third-order valence-corrected chi connectivity index (χ3v) is 3.82. The predicted molar refractivity (Wildman–Crippen MR) is 85.9 cm³/mol. The number of aryl methyl sites for hydroxylation is 1. The van der Waals surface area contributed by atoms with E-state index in [9.17, 15) is 9.59 Å². The Balaban J connectivity index is 2.00. The molecule has 0 aromatic carbocycles. The number of rotatable bonds is 5. The van der Waals surface area contributed by atoms with Gasteiger partial charge in [0.15, 0.2) is 0 Å². The Morgan fingerprint density at radius 2 is 2.23 bits per heavy atom. The molecule has 0 saturated heterocycles. The van der Waals surface area contributed by atoms with Gasteiger partial charge in [0.2, 0.25) is 5.13 Å². The lowest BCUT2D eigenvalue weighted by molar-refractivity contribution is 0.249. The Labute approximate surface area is 131 Å². The fraction of sp³-hybridized carbons (Fsp3) is 0.385. The van der Waals surface area contributed by atoms with Crippen LogP contribution >= 0.6 is 11.3 Å². The van der Waals surface area contributed by atoms with Crippen LogP contribution < -0.4 is 21.9 Å². The molecule has 4 N–H and O–H groups in total. The molecule has 2 aromatic heterocycles. The number of aromatic nitrogens is 3. The number of nitrogen functional groups attached to an aromatic ring is 1. The van der Waals surface area contributed by atoms with E-state index in [1.54, 1.807) is 23.8 Å². The largest absolute Gasteiger partial charge is 0.374 e. The number of nitrogens with two attached hydrogens (primary N) is 1. The summed E-state index contributed by atoms with van der Waals surface area (Å²) in [7, 11) is 0. The van der Waals surface area contributed by atoms with Gasteiger partial charge in [0.05, 0.1) is 11.7 Å². The van der Waals surface area contributed by atoms with E-state index in [-0.39, 0.29) is 17.6 Å². The molecule has 2 aromatic rings. The lowest BCUT2D eigenvalue weighted by atomic mass is 10.3. The molecule has 1 unspecified atom stereocenters. The summed E-state index contributed by atoms with van der Waals surface area (Å²) in [6.07, 6.45) is 2.46. The summed E-state index contributed by atoms with van der Waals surface area (Å²) in [6, 6.07) is 2.31. The fourth-order valence-corrected chi connectivity index (χ4v) is 2.48. The normalized spacial score (nSPS) is 11.9. The highest BCUT2D eigenvalue weighted by atomic mass is 32.1. The predicted octanol–water partition coefficient (Wildman–Crippen LogP) is 1.57. The highest BCUT2D eigenvalue weighted by Crippen LogP contribution is 2.18. The minimum absolute atomic E-state index is 0.0921. The molecular formula is C13H18N6O2S. The zero-order valence-electron chi connectivity index (χ0n) is 12.4. The van der Waals surface area contributed by atoms with Gasteiger partial charge < -0.3 is 20.9 Å². The summed E-state index contributed by atoms with van der Waals surface area (Å²) in [5.74, 6) is 0. The fourth-order valence-electron chi connectivity index (χ4n) is 1.87. The van der Waals surface area contributed by atoms with Crippen molar-refractivity contribution in [3.63, 3.8) is 0 Å². The highest BCUT2D eigenvalue weighted by molar-refractivity contribution is 7.15. The summed E-state index contributed by atoms with van der Waals surface area (Å²) in [5, 5.41) is 14.0. The third kappa shape index (κ3) is 4.04. The standard InChI is InChI=1S/C13H18N6O2S/c1-3-6-19-7-9(4-5-10(19)20)16-13(21)15-8(2)11-17-18-12(14)22-11/h4-5,7-8H,3,6H2,1-2H3,(H2,14,18)(H2,15,16,21). The molecule has 118 valence electrons. The van der Waals surface area contributed by atoms with Gasteiger partial charge in [-0.25, -0.2) is 4.79 Å². The van der Waals surface area contributed by atoms with Crippen molar-refractivity contribution in [1.82, 2.24) is 20.1 Å². The molecule has 0 spiro atoms. The second-order valence-corrected chi connectivity index (χ2v) is 5.79. The third-order valence-electron chi connectivity index (χ3n) is 2.88. The maximum atomic E-state index is 12.0. The van der Waals surface area contributed by atoms with Crippen molar-refractivity contribution in [3.8, 4) is 0 Å². The van der Waals surface area contributed by atoms with Crippen molar-refractivity contribution >= 4 is 28.2 Å². The molecule has 2 amide bonds. The van der Waals surface area contributed by atoms with Gasteiger partial charge in [-0.1, -0.05) is 18.3 Å². The van der Waals surface area contributed by atoms with E-state index in [1.807, 2.05) is 6.92 Å². The van der Waals surface area contributed by atoms with Gasteiger partial charge in [0, 0.05) is 18.8 Å². The number of anilines is 2. The van der Waals surface area contributed by atoms with Crippen LogP contribution in [0.4, 0.5) is 15.6 Å². The van der Waals surface area contributed by atoms with E-state index < -0.39 is 0 Å². The molecule has 0 fully saturated rings. The monoisotopic (exact) mass is 322 g/mol. The topological polar surface area (TPSA) is 115 Å². The summed E-state index contributed by atoms with van der Waals surface area (Å²) in [4.78, 5) is 23.6. The number of hydrogen-bond acceptors (Lipinski definition) is 6. The minimum Gasteiger partial charge on any atom is -0.374 e. The number of amides is 2. The van der Waals surface area contributed by atoms with Gasteiger partial charge in [0.25, 0.3) is 5.56 Å². The van der Waals surface area contributed by atoms with Crippen LogP contribution in [0.3, 0.4) is 0 Å². The van der Waals surface area contributed by atoms with Crippen LogP contribution in [0.25, 0.3) is 0 Å². The first-order valence-electron chi connectivity index (χ1n) is 6.86. The minimum atomic E-state index is -0.386. The SMILES string of the molecule is CCCn1cc(NC(=O)NC(C)c2nnc(N)s2)ccc1=O. The van der Waals surface area contributed by atoms with Crippen LogP contribution in [0.2, 0.25) is 0 Å². The Bertz CT molecular complexity index is 711. The van der Waals surface area contributed by atoms with Crippen LogP contribution in [-0.2, 0) is 6.54 Å². The van der Waals surface area contributed by atoms with Crippen LogP contribution in [0.15, 0.2) is 23.1 Å². The number of nitrogens with one attached hydrogen (secondary N) is 2. The second-order valence-electron chi connectivity index (χ2n) is 4.75. The molecule has 0 aliphatic carbocycles. The first kappa shape index (κ1) is 16.0. The van der Waals surface area contributed by atoms with Crippen molar-refractivity contribution in [2.75, 3.05) is 11.1 Å². The molecule has 0 radical (unpaired) electrons. The Kier molecular flexibility index (Phi) is 5.10. The number of carbonyl (C=O) groups excluding carboxylic acids is 1. The van der Waals surface area contributed by atoms with Crippen molar-refractivity contribution in [3.05, 3.63) is 33.7 Å². The van der Waals surface area contributed by atoms with Crippen LogP contribution in [0, 0.1) is 0 Å². The molecule has 2 rings (SSSR count). The number of nitrogens with zero attached hydrogens (tertiary/aromatic N) is 3. The smallest absolute Gasteiger partial charge is 0.319 e. The van der Waals surface area contributed by atoms with Gasteiger partial charge in [0.1, 0.15) is 5.01 Å². The van der Waals surface area contributed by atoms with E-state index in [1.165, 1.54) is 17.4 Å². The van der Waals surface area contributed by atoms with E-state index >= 15 is 0 Å². The molecule has 0 bridgehead atoms. The molecular weight excluding hydrogens is 304 g/mol. The average molecular weight is 322 g/mol. The highest BCUT2D eigenvalue weighted by Gasteiger charge is 2.14. The number of hydrogen-bond donors (Lipinski definition) is 3. The molecule has 9 heteroatoms. The van der Waals surface area contributed by atoms with E-state index in [0.717, 1.165) is 6.42 Å². The molecule has 8 nitrogen and oxygen atoms in total. The quantitative estimate of drug-likeness (QED) is 0.773. The Morgan fingerprint density at radius 3 is 2.86 bits per heavy atom. The van der Waals surface area contributed by atoms with Crippen LogP contribution in [0.1, 0.15) is 31.3 Å². The Hall–Kier alpha value is -2.42. The average Bonchev–Trinajstić information content (AvgIpc) is 2.89. The number of pyridine rings is 1. The van der Waals surface area contributed by atoms with E-state index in [0.29, 0.717) is 22.4 Å². The molecule has 0 saturated carbocycles. The molecule has 1 atom stereocenters. The van der Waals surface area contributed by atoms with Crippen molar-refractivity contribution in [2.24, 2.45) is 0 Å². The van der Waals surface area contributed by atoms with E-state index in [2.05, 4.69) is 20.8 Å². The van der Waals surface area contributed by atoms with Gasteiger partial charge in [-0.05, 0) is 19.4 Å². The summed E-state index contributed by atoms with van der Waals surface area (Å²) in [5.41, 5.74) is 5.97. The maximum Gasteiger partial charge on any atom is 0.319 e. The van der Waals surface area contributed by atoms with Crippen molar-refractivity contribution in [1.29, 1.82) is 0 Å². The second kappa shape index (κ2) is 7.03. The number of carbonyl (C=O) groups is 1. The lowest BCUT2D eigenvalue weighted by Crippen LogP contribution is -2.31. The van der Waals surface area contributed by atoms with Gasteiger partial charge in [-0.15, -0.1) is 10.2 Å². The van der Waals surface area contributed by atoms with Crippen molar-refractivity contribution < 1.29 is 4.79 Å². The van der Waals surface area contributed by atoms with Gasteiger partial charge in [-0.2, -0.15) is 0 Å². The lowest BCUT2D eigenvalue weighted by Gasteiger charge is -2.13. The van der Waals surface area contributed by atoms with Crippen molar-refractivity contribution in [2.45, 2.75) is 32.9 Å². The van der Waals surface area contributed by atoms with Crippen LogP contribution in [-0.4, -0.2) is 20.8 Å². The maximum absolute atomic E-state index is 12.0. The summed E-state index contributed by atoms with van der Waals surface area (Å²) >= 11 is 1.22. The summed E-state index contributed by atoms with van der Waals surface area (Å²) in [6.45, 7) is 4.38. The van der Waals surface area contributed by atoms with E-state index in [4.69, 9.17) is 5.73 Å². The van der Waals surface area contributed by atoms with Gasteiger partial charge >= 0.3 is 6.03 Å². The van der Waals surface area contributed by atoms with Gasteiger partial charge in [-0.3, -0.25) is 4.79 Å². The first-order chi connectivity index (χ1) is 10.5.